The van der Waals surface area contributed by atoms with Crippen LogP contribution in [0.4, 0.5) is 5.69 Å². The smallest absolute Gasteiger partial charge is 0.266 e. The lowest BCUT2D eigenvalue weighted by atomic mass is 10.1. The molecular formula is C30H27N2OS+. The van der Waals surface area contributed by atoms with Crippen LogP contribution in [0.15, 0.2) is 121 Å². The average molecular weight is 464 g/mol. The zero-order valence-corrected chi connectivity index (χ0v) is 20.2. The Labute approximate surface area is 204 Å². The van der Waals surface area contributed by atoms with E-state index >= 15 is 0 Å². The molecule has 0 fully saturated rings. The van der Waals surface area contributed by atoms with Gasteiger partial charge in [0.1, 0.15) is 22.8 Å². The molecule has 3 aromatic carbocycles. The van der Waals surface area contributed by atoms with Crippen molar-refractivity contribution in [3.63, 3.8) is 0 Å². The third-order valence-corrected chi connectivity index (χ3v) is 6.88. The number of aryl methyl sites for hydroxylation is 1. The molecule has 5 rings (SSSR count). The molecule has 34 heavy (non-hydrogen) atoms. The van der Waals surface area contributed by atoms with Gasteiger partial charge in [0.15, 0.2) is 0 Å². The van der Waals surface area contributed by atoms with Gasteiger partial charge >= 0.3 is 0 Å². The van der Waals surface area contributed by atoms with Gasteiger partial charge in [-0.2, -0.15) is 4.57 Å². The van der Waals surface area contributed by atoms with Crippen LogP contribution in [0.5, 0.6) is 0 Å². The third-order valence-electron chi connectivity index (χ3n) is 5.77. The summed E-state index contributed by atoms with van der Waals surface area (Å²) in [7, 11) is 2.06. The maximum absolute atomic E-state index is 6.39. The minimum absolute atomic E-state index is 0.831. The molecule has 0 unspecified atom stereocenters. The number of aromatic nitrogens is 1. The van der Waals surface area contributed by atoms with Crippen molar-refractivity contribution < 1.29 is 9.30 Å². The van der Waals surface area contributed by atoms with Crippen molar-refractivity contribution in [2.24, 2.45) is 0 Å². The molecule has 1 aromatic heterocycles. The lowest BCUT2D eigenvalue weighted by molar-refractivity contribution is -0.665. The van der Waals surface area contributed by atoms with E-state index in [0.717, 1.165) is 34.9 Å². The third kappa shape index (κ3) is 4.73. The van der Waals surface area contributed by atoms with Gasteiger partial charge in [0.2, 0.25) is 5.52 Å². The first kappa shape index (κ1) is 21.9. The van der Waals surface area contributed by atoms with Gasteiger partial charge in [0.05, 0.1) is 6.08 Å². The summed E-state index contributed by atoms with van der Waals surface area (Å²) in [6, 6.07) is 29.1. The van der Waals surface area contributed by atoms with E-state index < -0.39 is 0 Å². The molecule has 0 amide bonds. The van der Waals surface area contributed by atoms with Crippen molar-refractivity contribution in [1.29, 1.82) is 0 Å². The fourth-order valence-electron chi connectivity index (χ4n) is 4.01. The Balaban J connectivity index is 1.53. The first-order chi connectivity index (χ1) is 16.7. The lowest BCUT2D eigenvalue weighted by Crippen LogP contribution is -2.33. The highest BCUT2D eigenvalue weighted by molar-refractivity contribution is 7.18. The molecule has 3 nitrogen and oxygen atoms in total. The van der Waals surface area contributed by atoms with E-state index in [2.05, 4.69) is 115 Å². The first-order valence-corrected chi connectivity index (χ1v) is 12.3. The molecule has 0 radical (unpaired) electrons. The van der Waals surface area contributed by atoms with Crippen molar-refractivity contribution in [1.82, 2.24) is 0 Å². The molecule has 168 valence electrons. The SMILES string of the molecule is CC[n+]1c(/C=C2C=C(/C=C/N(C)c3ccccc3)C=C(c3ccccc3)O/2)sc2ccccc21. The fourth-order valence-corrected chi connectivity index (χ4v) is 5.18. The predicted octanol–water partition coefficient (Wildman–Crippen LogP) is 7.20. The van der Waals surface area contributed by atoms with Crippen LogP contribution < -0.4 is 9.47 Å². The maximum Gasteiger partial charge on any atom is 0.266 e. The van der Waals surface area contributed by atoms with E-state index in [0.29, 0.717) is 0 Å². The normalized spacial score (nSPS) is 14.8. The van der Waals surface area contributed by atoms with E-state index in [1.165, 1.54) is 15.2 Å². The highest BCUT2D eigenvalue weighted by atomic mass is 32.1. The Morgan fingerprint density at radius 3 is 2.35 bits per heavy atom. The second-order valence-electron chi connectivity index (χ2n) is 8.08. The van der Waals surface area contributed by atoms with Crippen LogP contribution in [0.1, 0.15) is 17.5 Å². The average Bonchev–Trinajstić information content (AvgIpc) is 3.25. The molecular weight excluding hydrogens is 436 g/mol. The van der Waals surface area contributed by atoms with Gasteiger partial charge < -0.3 is 9.64 Å². The molecule has 1 aliphatic rings. The molecule has 0 aliphatic carbocycles. The van der Waals surface area contributed by atoms with E-state index in [1.807, 2.05) is 24.3 Å². The molecule has 1 aliphatic heterocycles. The highest BCUT2D eigenvalue weighted by Crippen LogP contribution is 2.30. The second kappa shape index (κ2) is 9.94. The van der Waals surface area contributed by atoms with E-state index in [9.17, 15) is 0 Å². The molecule has 0 atom stereocenters. The van der Waals surface area contributed by atoms with Crippen LogP contribution >= 0.6 is 11.3 Å². The molecule has 4 aromatic rings. The fraction of sp³-hybridized carbons (Fsp3) is 0.100. The van der Waals surface area contributed by atoms with Gasteiger partial charge in [-0.1, -0.05) is 72.0 Å². The quantitative estimate of drug-likeness (QED) is 0.281. The number of benzene rings is 3. The molecule has 0 N–H and O–H groups in total. The van der Waals surface area contributed by atoms with Crippen molar-refractivity contribution in [2.75, 3.05) is 11.9 Å². The molecule has 0 saturated carbocycles. The van der Waals surface area contributed by atoms with E-state index in [-0.39, 0.29) is 0 Å². The number of rotatable bonds is 6. The van der Waals surface area contributed by atoms with Gasteiger partial charge in [-0.25, -0.2) is 0 Å². The number of ether oxygens (including phenoxy) is 1. The van der Waals surface area contributed by atoms with Crippen LogP contribution in [0.3, 0.4) is 0 Å². The molecule has 0 spiro atoms. The van der Waals surface area contributed by atoms with Crippen molar-refractivity contribution in [3.8, 4) is 0 Å². The predicted molar refractivity (Wildman–Crippen MR) is 143 cm³/mol. The largest absolute Gasteiger partial charge is 0.456 e. The number of hydrogen-bond acceptors (Lipinski definition) is 3. The number of nitrogens with zero attached hydrogens (tertiary/aromatic N) is 2. The van der Waals surface area contributed by atoms with Crippen LogP contribution in [0, 0.1) is 0 Å². The summed E-state index contributed by atoms with van der Waals surface area (Å²) >= 11 is 1.79. The lowest BCUT2D eigenvalue weighted by Gasteiger charge is -2.18. The van der Waals surface area contributed by atoms with Gasteiger partial charge in [0.25, 0.3) is 5.01 Å². The topological polar surface area (TPSA) is 16.4 Å². The summed E-state index contributed by atoms with van der Waals surface area (Å²) in [4.78, 5) is 2.12. The Bertz CT molecular complexity index is 1410. The summed E-state index contributed by atoms with van der Waals surface area (Å²) in [5.41, 5.74) is 4.54. The summed E-state index contributed by atoms with van der Waals surface area (Å²) in [6.07, 6.45) is 10.6. The maximum atomic E-state index is 6.39. The summed E-state index contributed by atoms with van der Waals surface area (Å²) in [5, 5.41) is 1.17. The monoisotopic (exact) mass is 463 g/mol. The van der Waals surface area contributed by atoms with Gasteiger partial charge in [-0.3, -0.25) is 0 Å². The zero-order valence-electron chi connectivity index (χ0n) is 19.4. The second-order valence-corrected chi connectivity index (χ2v) is 9.14. The Kier molecular flexibility index (Phi) is 6.41. The highest BCUT2D eigenvalue weighted by Gasteiger charge is 2.19. The van der Waals surface area contributed by atoms with Crippen LogP contribution in [0.25, 0.3) is 22.1 Å². The molecule has 0 saturated heterocycles. The number of hydrogen-bond donors (Lipinski definition) is 0. The number of thiazole rings is 1. The van der Waals surface area contributed by atoms with E-state index in [4.69, 9.17) is 4.74 Å². The number of allylic oxidation sites excluding steroid dienone is 4. The minimum Gasteiger partial charge on any atom is -0.456 e. The van der Waals surface area contributed by atoms with Crippen LogP contribution in [-0.4, -0.2) is 7.05 Å². The first-order valence-electron chi connectivity index (χ1n) is 11.5. The molecule has 2 heterocycles. The number of anilines is 1. The van der Waals surface area contributed by atoms with Crippen LogP contribution in [-0.2, 0) is 11.3 Å². The number of fused-ring (bicyclic) bond motifs is 1. The minimum atomic E-state index is 0.831. The van der Waals surface area contributed by atoms with Crippen LogP contribution in [0.2, 0.25) is 0 Å². The summed E-state index contributed by atoms with van der Waals surface area (Å²) < 4.78 is 10.00. The van der Waals surface area contributed by atoms with E-state index in [1.54, 1.807) is 11.3 Å². The Morgan fingerprint density at radius 2 is 1.59 bits per heavy atom. The van der Waals surface area contributed by atoms with Crippen molar-refractivity contribution in [3.05, 3.63) is 131 Å². The standard InChI is InChI=1S/C30H27N2OS/c1-3-32-27-16-10-11-17-29(27)34-30(32)22-26-20-23(18-19-31(2)25-14-8-5-9-15-25)21-28(33-26)24-12-6-4-7-13-24/h4-22H,3H2,1-2H3/q+1. The van der Waals surface area contributed by atoms with Gasteiger partial charge in [0, 0.05) is 30.6 Å². The van der Waals surface area contributed by atoms with Crippen molar-refractivity contribution in [2.45, 2.75) is 13.5 Å². The molecule has 4 heteroatoms. The summed E-state index contributed by atoms with van der Waals surface area (Å²) in [5.74, 6) is 1.68. The number of para-hydroxylation sites is 2. The Morgan fingerprint density at radius 1 is 0.882 bits per heavy atom. The zero-order chi connectivity index (χ0) is 23.3. The Hall–Kier alpha value is -3.89. The van der Waals surface area contributed by atoms with Gasteiger partial charge in [-0.05, 0) is 48.9 Å². The summed E-state index contributed by atoms with van der Waals surface area (Å²) in [6.45, 7) is 3.09. The molecule has 0 bridgehead atoms. The van der Waals surface area contributed by atoms with Gasteiger partial charge in [-0.15, -0.1) is 0 Å². The van der Waals surface area contributed by atoms with Crippen molar-refractivity contribution >= 4 is 39.1 Å².